The Balaban J connectivity index is 0.00000363. The molecule has 6 nitrogen and oxygen atoms in total. The lowest BCUT2D eigenvalue weighted by molar-refractivity contribution is 0.0792. The smallest absolute Gasteiger partial charge is 0.191 e. The Morgan fingerprint density at radius 3 is 2.34 bits per heavy atom. The van der Waals surface area contributed by atoms with Crippen molar-refractivity contribution < 1.29 is 9.84 Å². The highest BCUT2D eigenvalue weighted by atomic mass is 127. The number of aryl methyl sites for hydroxylation is 1. The number of rotatable bonds is 9. The van der Waals surface area contributed by atoms with Crippen LogP contribution >= 0.6 is 24.0 Å². The molecule has 1 aliphatic heterocycles. The van der Waals surface area contributed by atoms with Crippen LogP contribution in [-0.4, -0.2) is 54.9 Å². The van der Waals surface area contributed by atoms with Gasteiger partial charge in [-0.25, -0.2) is 4.99 Å². The Hall–Kier alpha value is -1.84. The minimum Gasteiger partial charge on any atom is -0.492 e. The molecular weight excluding hydrogens is 515 g/mol. The molecule has 3 N–H and O–H groups in total. The molecule has 7 heteroatoms. The van der Waals surface area contributed by atoms with Gasteiger partial charge >= 0.3 is 0 Å². The van der Waals surface area contributed by atoms with Crippen molar-refractivity contribution in [3.63, 3.8) is 0 Å². The molecule has 0 atom stereocenters. The zero-order valence-corrected chi connectivity index (χ0v) is 21.5. The largest absolute Gasteiger partial charge is 0.492 e. The number of ether oxygens (including phenoxy) is 1. The number of halogens is 1. The van der Waals surface area contributed by atoms with Crippen LogP contribution in [0.1, 0.15) is 36.5 Å². The van der Waals surface area contributed by atoms with Crippen LogP contribution in [0.4, 0.5) is 0 Å². The van der Waals surface area contributed by atoms with Crippen molar-refractivity contribution in [2.45, 2.75) is 45.9 Å². The van der Waals surface area contributed by atoms with E-state index in [4.69, 9.17) is 9.73 Å². The van der Waals surface area contributed by atoms with Crippen LogP contribution in [0.25, 0.3) is 0 Å². The quantitative estimate of drug-likeness (QED) is 0.192. The molecule has 0 saturated carbocycles. The number of hydrogen-bond donors (Lipinski definition) is 3. The lowest BCUT2D eigenvalue weighted by Crippen LogP contribution is -2.39. The molecular formula is C25H37IN4O2. The normalized spacial score (nSPS) is 15.2. The van der Waals surface area contributed by atoms with Gasteiger partial charge in [-0.3, -0.25) is 4.90 Å². The highest BCUT2D eigenvalue weighted by Crippen LogP contribution is 2.14. The predicted molar refractivity (Wildman–Crippen MR) is 142 cm³/mol. The van der Waals surface area contributed by atoms with Crippen LogP contribution in [0.3, 0.4) is 0 Å². The van der Waals surface area contributed by atoms with Gasteiger partial charge in [0.15, 0.2) is 5.96 Å². The summed E-state index contributed by atoms with van der Waals surface area (Å²) in [6.45, 7) is 9.73. The zero-order valence-electron chi connectivity index (χ0n) is 19.2. The molecule has 0 aliphatic carbocycles. The minimum absolute atomic E-state index is 0. The van der Waals surface area contributed by atoms with Gasteiger partial charge < -0.3 is 20.5 Å². The fraction of sp³-hybridized carbons (Fsp3) is 0.480. The molecule has 1 aliphatic rings. The van der Waals surface area contributed by atoms with Crippen molar-refractivity contribution in [1.29, 1.82) is 0 Å². The molecule has 1 heterocycles. The topological polar surface area (TPSA) is 69.1 Å². The molecule has 0 aromatic heterocycles. The molecule has 2 aromatic carbocycles. The van der Waals surface area contributed by atoms with Crippen molar-refractivity contribution in [2.75, 3.05) is 32.8 Å². The average molecular weight is 553 g/mol. The fourth-order valence-electron chi connectivity index (χ4n) is 3.57. The van der Waals surface area contributed by atoms with E-state index in [1.807, 2.05) is 12.1 Å². The van der Waals surface area contributed by atoms with Crippen LogP contribution in [0.5, 0.6) is 5.75 Å². The maximum atomic E-state index is 9.64. The summed E-state index contributed by atoms with van der Waals surface area (Å²) in [5.74, 6) is 1.68. The molecule has 1 fully saturated rings. The highest BCUT2D eigenvalue weighted by Gasteiger charge is 2.16. The van der Waals surface area contributed by atoms with Gasteiger partial charge in [-0.2, -0.15) is 0 Å². The van der Waals surface area contributed by atoms with E-state index >= 15 is 0 Å². The molecule has 0 unspecified atom stereocenters. The first-order valence-electron chi connectivity index (χ1n) is 11.3. The van der Waals surface area contributed by atoms with E-state index < -0.39 is 0 Å². The number of aliphatic imine (C=N–C) groups is 1. The number of guanidine groups is 1. The van der Waals surface area contributed by atoms with E-state index in [2.05, 4.69) is 65.8 Å². The number of aliphatic hydroxyl groups is 1. The molecule has 0 radical (unpaired) electrons. The van der Waals surface area contributed by atoms with Crippen molar-refractivity contribution in [1.82, 2.24) is 15.5 Å². The van der Waals surface area contributed by atoms with Gasteiger partial charge in [0.05, 0.1) is 19.2 Å². The van der Waals surface area contributed by atoms with E-state index in [0.717, 1.165) is 50.7 Å². The van der Waals surface area contributed by atoms with Crippen LogP contribution in [0.2, 0.25) is 0 Å². The van der Waals surface area contributed by atoms with Crippen molar-refractivity contribution in [2.24, 2.45) is 4.99 Å². The number of nitrogens with one attached hydrogen (secondary N) is 2. The Labute approximate surface area is 209 Å². The van der Waals surface area contributed by atoms with Crippen molar-refractivity contribution in [3.05, 3.63) is 65.2 Å². The number of aliphatic hydroxyl groups excluding tert-OH is 1. The van der Waals surface area contributed by atoms with E-state index in [9.17, 15) is 5.11 Å². The Kier molecular flexibility index (Phi) is 11.8. The monoisotopic (exact) mass is 552 g/mol. The number of likely N-dealkylation sites (tertiary alicyclic amines) is 1. The average Bonchev–Trinajstić information content (AvgIpc) is 2.78. The molecule has 0 amide bonds. The third-order valence-electron chi connectivity index (χ3n) is 5.43. The number of benzene rings is 2. The second kappa shape index (κ2) is 14.3. The second-order valence-corrected chi connectivity index (χ2v) is 8.11. The summed E-state index contributed by atoms with van der Waals surface area (Å²) in [7, 11) is 0. The van der Waals surface area contributed by atoms with Crippen LogP contribution in [-0.2, 0) is 13.1 Å². The molecule has 0 spiro atoms. The summed E-state index contributed by atoms with van der Waals surface area (Å²) in [4.78, 5) is 7.10. The van der Waals surface area contributed by atoms with E-state index in [0.29, 0.717) is 19.7 Å². The molecule has 1 saturated heterocycles. The van der Waals surface area contributed by atoms with E-state index in [-0.39, 0.29) is 30.1 Å². The van der Waals surface area contributed by atoms with E-state index in [1.165, 1.54) is 16.7 Å². The summed E-state index contributed by atoms with van der Waals surface area (Å²) in [5.41, 5.74) is 3.72. The van der Waals surface area contributed by atoms with Gasteiger partial charge in [0.25, 0.3) is 0 Å². The van der Waals surface area contributed by atoms with Crippen LogP contribution in [0, 0.1) is 6.92 Å². The third kappa shape index (κ3) is 9.34. The first-order valence-corrected chi connectivity index (χ1v) is 11.3. The molecule has 176 valence electrons. The van der Waals surface area contributed by atoms with Crippen molar-refractivity contribution in [3.8, 4) is 5.75 Å². The zero-order chi connectivity index (χ0) is 21.9. The molecule has 2 aromatic rings. The maximum absolute atomic E-state index is 9.64. The number of nitrogens with zero attached hydrogens (tertiary/aromatic N) is 2. The standard InChI is InChI=1S/C25H36N4O2.HI/c1-3-26-25(27-14-17-31-24-10-4-20(2)5-11-24)28-18-21-6-8-22(9-7-21)19-29-15-12-23(30)13-16-29;/h4-11,23,30H,3,12-19H2,1-2H3,(H2,26,27,28);1H. The van der Waals surface area contributed by atoms with Gasteiger partial charge in [0.2, 0.25) is 0 Å². The second-order valence-electron chi connectivity index (χ2n) is 8.11. The first-order chi connectivity index (χ1) is 15.1. The van der Waals surface area contributed by atoms with Gasteiger partial charge in [-0.1, -0.05) is 42.0 Å². The Morgan fingerprint density at radius 2 is 1.69 bits per heavy atom. The predicted octanol–water partition coefficient (Wildman–Crippen LogP) is 3.70. The SMILES string of the molecule is CCNC(=NCc1ccc(CN2CCC(O)CC2)cc1)NCCOc1ccc(C)cc1.I. The Bertz CT molecular complexity index is 804. The van der Waals surface area contributed by atoms with E-state index in [1.54, 1.807) is 0 Å². The van der Waals surface area contributed by atoms with Gasteiger partial charge in [0.1, 0.15) is 12.4 Å². The van der Waals surface area contributed by atoms with Crippen LogP contribution < -0.4 is 15.4 Å². The van der Waals surface area contributed by atoms with Gasteiger partial charge in [-0.05, 0) is 49.9 Å². The number of piperidine rings is 1. The maximum Gasteiger partial charge on any atom is 0.191 e. The fourth-order valence-corrected chi connectivity index (χ4v) is 3.57. The lowest BCUT2D eigenvalue weighted by atomic mass is 10.1. The minimum atomic E-state index is -0.120. The first kappa shape index (κ1) is 26.4. The highest BCUT2D eigenvalue weighted by molar-refractivity contribution is 14.0. The lowest BCUT2D eigenvalue weighted by Gasteiger charge is -2.29. The summed E-state index contributed by atoms with van der Waals surface area (Å²) < 4.78 is 5.77. The molecule has 0 bridgehead atoms. The summed E-state index contributed by atoms with van der Waals surface area (Å²) in [6.07, 6.45) is 1.64. The Morgan fingerprint density at radius 1 is 1.03 bits per heavy atom. The molecule has 32 heavy (non-hydrogen) atoms. The third-order valence-corrected chi connectivity index (χ3v) is 5.43. The summed E-state index contributed by atoms with van der Waals surface area (Å²) >= 11 is 0. The summed E-state index contributed by atoms with van der Waals surface area (Å²) in [6, 6.07) is 16.8. The van der Waals surface area contributed by atoms with Crippen molar-refractivity contribution >= 4 is 29.9 Å². The number of hydrogen-bond acceptors (Lipinski definition) is 4. The van der Waals surface area contributed by atoms with Gasteiger partial charge in [0, 0.05) is 26.2 Å². The molecule has 3 rings (SSSR count). The van der Waals surface area contributed by atoms with Gasteiger partial charge in [-0.15, -0.1) is 24.0 Å². The summed E-state index contributed by atoms with van der Waals surface area (Å²) in [5, 5.41) is 16.3. The van der Waals surface area contributed by atoms with Crippen LogP contribution in [0.15, 0.2) is 53.5 Å².